The first-order chi connectivity index (χ1) is 8.29. The molecule has 1 saturated heterocycles. The molecule has 0 radical (unpaired) electrons. The topological polar surface area (TPSA) is 32.3 Å². The van der Waals surface area contributed by atoms with Gasteiger partial charge < -0.3 is 10.2 Å². The summed E-state index contributed by atoms with van der Waals surface area (Å²) in [7, 11) is 1.98. The number of piperidine rings is 1. The number of carbonyl (C=O) groups excluding carboxylic acids is 1. The average molecular weight is 240 g/mol. The molecule has 1 N–H and O–H groups in total. The van der Waals surface area contributed by atoms with E-state index in [0.717, 1.165) is 32.4 Å². The van der Waals surface area contributed by atoms with Gasteiger partial charge in [0.25, 0.3) is 0 Å². The van der Waals surface area contributed by atoms with E-state index in [1.54, 1.807) is 0 Å². The van der Waals surface area contributed by atoms with Crippen molar-refractivity contribution in [1.82, 2.24) is 10.2 Å². The second-order valence-corrected chi connectivity index (χ2v) is 5.09. The molecule has 1 aliphatic rings. The lowest BCUT2D eigenvalue weighted by atomic mass is 9.98. The van der Waals surface area contributed by atoms with Gasteiger partial charge in [-0.1, -0.05) is 19.8 Å². The van der Waals surface area contributed by atoms with E-state index in [0.29, 0.717) is 11.9 Å². The molecule has 1 fully saturated rings. The molecule has 3 heteroatoms. The molecule has 17 heavy (non-hydrogen) atoms. The maximum atomic E-state index is 12.2. The van der Waals surface area contributed by atoms with E-state index in [9.17, 15) is 4.79 Å². The third-order valence-electron chi connectivity index (χ3n) is 3.67. The summed E-state index contributed by atoms with van der Waals surface area (Å²) in [6, 6.07) is 0.491. The van der Waals surface area contributed by atoms with E-state index in [2.05, 4.69) is 17.1 Å². The molecule has 1 rings (SSSR count). The van der Waals surface area contributed by atoms with Crippen molar-refractivity contribution >= 4 is 5.91 Å². The van der Waals surface area contributed by atoms with Crippen molar-refractivity contribution in [3.63, 3.8) is 0 Å². The number of hydrogen-bond donors (Lipinski definition) is 1. The van der Waals surface area contributed by atoms with Crippen molar-refractivity contribution in [3.05, 3.63) is 0 Å². The summed E-state index contributed by atoms with van der Waals surface area (Å²) in [4.78, 5) is 14.3. The molecule has 0 aliphatic carbocycles. The number of likely N-dealkylation sites (tertiary alicyclic amines) is 1. The van der Waals surface area contributed by atoms with Gasteiger partial charge in [-0.25, -0.2) is 0 Å². The smallest absolute Gasteiger partial charge is 0.222 e. The van der Waals surface area contributed by atoms with Crippen molar-refractivity contribution in [2.45, 2.75) is 64.3 Å². The zero-order valence-corrected chi connectivity index (χ0v) is 11.5. The molecule has 1 heterocycles. The van der Waals surface area contributed by atoms with Crippen LogP contribution in [0.15, 0.2) is 0 Å². The Kier molecular flexibility index (Phi) is 7.25. The summed E-state index contributed by atoms with van der Waals surface area (Å²) in [5, 5.41) is 3.19. The maximum Gasteiger partial charge on any atom is 0.222 e. The Morgan fingerprint density at radius 2 is 2.18 bits per heavy atom. The van der Waals surface area contributed by atoms with Gasteiger partial charge in [-0.15, -0.1) is 0 Å². The fourth-order valence-corrected chi connectivity index (χ4v) is 2.61. The Morgan fingerprint density at radius 1 is 1.35 bits per heavy atom. The third kappa shape index (κ3) is 5.07. The normalized spacial score (nSPS) is 20.6. The fourth-order valence-electron chi connectivity index (χ4n) is 2.61. The number of nitrogens with one attached hydrogen (secondary N) is 1. The van der Waals surface area contributed by atoms with E-state index >= 15 is 0 Å². The van der Waals surface area contributed by atoms with Crippen LogP contribution >= 0.6 is 0 Å². The number of rotatable bonds is 7. The van der Waals surface area contributed by atoms with Gasteiger partial charge in [-0.2, -0.15) is 0 Å². The van der Waals surface area contributed by atoms with Gasteiger partial charge in [-0.05, 0) is 45.7 Å². The summed E-state index contributed by atoms with van der Waals surface area (Å²) in [6.45, 7) is 4.18. The van der Waals surface area contributed by atoms with Gasteiger partial charge in [0.15, 0.2) is 0 Å². The molecule has 0 aromatic rings. The largest absolute Gasteiger partial charge is 0.340 e. The van der Waals surface area contributed by atoms with Crippen LogP contribution in [0.3, 0.4) is 0 Å². The predicted molar refractivity (Wildman–Crippen MR) is 72.0 cm³/mol. The fraction of sp³-hybridized carbons (Fsp3) is 0.929. The van der Waals surface area contributed by atoms with E-state index in [4.69, 9.17) is 0 Å². The van der Waals surface area contributed by atoms with Gasteiger partial charge in [0, 0.05) is 19.0 Å². The minimum absolute atomic E-state index is 0.388. The maximum absolute atomic E-state index is 12.2. The first-order valence-corrected chi connectivity index (χ1v) is 7.23. The molecule has 0 aromatic carbocycles. The van der Waals surface area contributed by atoms with Crippen LogP contribution in [0.2, 0.25) is 0 Å². The Balaban J connectivity index is 2.37. The second-order valence-electron chi connectivity index (χ2n) is 5.09. The minimum Gasteiger partial charge on any atom is -0.340 e. The number of hydrogen-bond acceptors (Lipinski definition) is 2. The van der Waals surface area contributed by atoms with Crippen molar-refractivity contribution < 1.29 is 4.79 Å². The summed E-state index contributed by atoms with van der Waals surface area (Å²) in [5.41, 5.74) is 0. The monoisotopic (exact) mass is 240 g/mol. The van der Waals surface area contributed by atoms with Crippen molar-refractivity contribution in [1.29, 1.82) is 0 Å². The van der Waals surface area contributed by atoms with Crippen LogP contribution in [0.4, 0.5) is 0 Å². The second kappa shape index (κ2) is 8.51. The molecule has 1 atom stereocenters. The van der Waals surface area contributed by atoms with E-state index in [-0.39, 0.29) is 0 Å². The predicted octanol–water partition coefficient (Wildman–Crippen LogP) is 2.56. The molecule has 0 saturated carbocycles. The number of unbranched alkanes of at least 4 members (excludes halogenated alkanes) is 2. The Labute approximate surface area is 106 Å². The van der Waals surface area contributed by atoms with Gasteiger partial charge in [-0.3, -0.25) is 4.79 Å². The molecule has 1 aliphatic heterocycles. The van der Waals surface area contributed by atoms with Crippen LogP contribution in [-0.2, 0) is 4.79 Å². The number of amides is 1. The lowest BCUT2D eigenvalue weighted by Gasteiger charge is -2.36. The molecule has 1 unspecified atom stereocenters. The number of carbonyl (C=O) groups is 1. The van der Waals surface area contributed by atoms with Gasteiger partial charge >= 0.3 is 0 Å². The molecular weight excluding hydrogens is 212 g/mol. The highest BCUT2D eigenvalue weighted by Crippen LogP contribution is 2.20. The molecule has 100 valence electrons. The molecule has 0 bridgehead atoms. The van der Waals surface area contributed by atoms with E-state index < -0.39 is 0 Å². The van der Waals surface area contributed by atoms with E-state index in [1.165, 1.54) is 32.1 Å². The highest BCUT2D eigenvalue weighted by atomic mass is 16.2. The van der Waals surface area contributed by atoms with Crippen LogP contribution in [0, 0.1) is 0 Å². The van der Waals surface area contributed by atoms with Crippen molar-refractivity contribution in [2.75, 3.05) is 20.1 Å². The lowest BCUT2D eigenvalue weighted by Crippen LogP contribution is -2.44. The highest BCUT2D eigenvalue weighted by Gasteiger charge is 2.25. The molecule has 0 aromatic heterocycles. The van der Waals surface area contributed by atoms with Gasteiger partial charge in [0.2, 0.25) is 5.91 Å². The molecule has 1 amide bonds. The first kappa shape index (κ1) is 14.5. The summed E-state index contributed by atoms with van der Waals surface area (Å²) in [6.07, 6.45) is 8.96. The average Bonchev–Trinajstić information content (AvgIpc) is 2.37. The van der Waals surface area contributed by atoms with Gasteiger partial charge in [0.05, 0.1) is 0 Å². The Bertz CT molecular complexity index is 218. The summed E-state index contributed by atoms with van der Waals surface area (Å²) >= 11 is 0. The minimum atomic E-state index is 0.388. The first-order valence-electron chi connectivity index (χ1n) is 7.23. The SMILES string of the molecule is CCCCCC(=O)N1CCCCC1CCNC. The standard InChI is InChI=1S/C14H28N2O/c1-3-4-5-9-14(17)16-12-7-6-8-13(16)10-11-15-2/h13,15H,3-12H2,1-2H3. The highest BCUT2D eigenvalue weighted by molar-refractivity contribution is 5.76. The zero-order chi connectivity index (χ0) is 12.5. The third-order valence-corrected chi connectivity index (χ3v) is 3.67. The molecule has 0 spiro atoms. The Hall–Kier alpha value is -0.570. The molecule has 3 nitrogen and oxygen atoms in total. The number of nitrogens with zero attached hydrogens (tertiary/aromatic N) is 1. The quantitative estimate of drug-likeness (QED) is 0.694. The Morgan fingerprint density at radius 3 is 2.88 bits per heavy atom. The van der Waals surface area contributed by atoms with Crippen LogP contribution in [0.5, 0.6) is 0 Å². The molecular formula is C14H28N2O. The van der Waals surface area contributed by atoms with Crippen LogP contribution < -0.4 is 5.32 Å². The lowest BCUT2D eigenvalue weighted by molar-refractivity contribution is -0.135. The van der Waals surface area contributed by atoms with Crippen LogP contribution in [-0.4, -0.2) is 37.0 Å². The van der Waals surface area contributed by atoms with E-state index in [1.807, 2.05) is 7.05 Å². The van der Waals surface area contributed by atoms with Gasteiger partial charge in [0.1, 0.15) is 0 Å². The van der Waals surface area contributed by atoms with Crippen molar-refractivity contribution in [3.8, 4) is 0 Å². The van der Waals surface area contributed by atoms with Crippen LogP contribution in [0.25, 0.3) is 0 Å². The summed E-state index contributed by atoms with van der Waals surface area (Å²) < 4.78 is 0. The van der Waals surface area contributed by atoms with Crippen LogP contribution in [0.1, 0.15) is 58.3 Å². The summed E-state index contributed by atoms with van der Waals surface area (Å²) in [5.74, 6) is 0.388. The van der Waals surface area contributed by atoms with Crippen molar-refractivity contribution in [2.24, 2.45) is 0 Å². The zero-order valence-electron chi connectivity index (χ0n) is 11.5.